The van der Waals surface area contributed by atoms with Crippen LogP contribution in [0.1, 0.15) is 24.5 Å². The van der Waals surface area contributed by atoms with Gasteiger partial charge in [-0.3, -0.25) is 20.2 Å². The van der Waals surface area contributed by atoms with Gasteiger partial charge in [0.1, 0.15) is 12.4 Å². The van der Waals surface area contributed by atoms with Crippen molar-refractivity contribution in [3.63, 3.8) is 0 Å². The monoisotopic (exact) mass is 503 g/mol. The summed E-state index contributed by atoms with van der Waals surface area (Å²) in [6.07, 6.45) is 0.239. The number of methoxy groups -OCH3 is 1. The lowest BCUT2D eigenvalue weighted by Crippen LogP contribution is -2.42. The highest BCUT2D eigenvalue weighted by atomic mass is 32.2. The van der Waals surface area contributed by atoms with Crippen LogP contribution in [0.2, 0.25) is 0 Å². The van der Waals surface area contributed by atoms with E-state index in [9.17, 15) is 19.7 Å². The number of nitro groups is 1. The molecule has 2 atom stereocenters. The average molecular weight is 504 g/mol. The van der Waals surface area contributed by atoms with Crippen LogP contribution in [0.4, 0.5) is 10.5 Å². The van der Waals surface area contributed by atoms with Gasteiger partial charge in [-0.15, -0.1) is 0 Å². The second-order valence-electron chi connectivity index (χ2n) is 8.05. The first kappa shape index (κ1) is 26.5. The van der Waals surface area contributed by atoms with Crippen molar-refractivity contribution in [2.24, 2.45) is 0 Å². The second-order valence-corrected chi connectivity index (χ2v) is 9.52. The molecule has 0 aliphatic carbocycles. The zero-order valence-corrected chi connectivity index (χ0v) is 20.5. The maximum Gasteiger partial charge on any atom is 0.410 e. The molecule has 2 aromatic carbocycles. The first-order valence-electron chi connectivity index (χ1n) is 11.1. The van der Waals surface area contributed by atoms with Crippen LogP contribution in [0, 0.1) is 10.1 Å². The van der Waals surface area contributed by atoms with Gasteiger partial charge in [0.05, 0.1) is 25.4 Å². The van der Waals surface area contributed by atoms with Crippen LogP contribution in [0.3, 0.4) is 0 Å². The Labute approximate surface area is 208 Å². The normalized spacial score (nSPS) is 17.3. The van der Waals surface area contributed by atoms with Gasteiger partial charge < -0.3 is 19.1 Å². The summed E-state index contributed by atoms with van der Waals surface area (Å²) in [4.78, 5) is 36.3. The Balaban J connectivity index is 1.47. The quantitative estimate of drug-likeness (QED) is 0.212. The number of carbonyl (C=O) groups is 2. The Morgan fingerprint density at radius 3 is 2.40 bits per heavy atom. The van der Waals surface area contributed by atoms with Crippen molar-refractivity contribution in [1.82, 2.24) is 10.2 Å². The molecule has 0 bridgehead atoms. The number of likely N-dealkylation sites (tertiary alicyclic amines) is 1. The van der Waals surface area contributed by atoms with E-state index in [4.69, 9.17) is 14.2 Å². The van der Waals surface area contributed by atoms with Crippen molar-refractivity contribution >= 4 is 28.7 Å². The average Bonchev–Trinajstić information content (AvgIpc) is 3.24. The van der Waals surface area contributed by atoms with E-state index in [-0.39, 0.29) is 35.4 Å². The molecule has 1 amide bonds. The third-order valence-electron chi connectivity index (χ3n) is 5.46. The topological polar surface area (TPSA) is 120 Å². The van der Waals surface area contributed by atoms with Crippen molar-refractivity contribution in [1.29, 1.82) is 0 Å². The fourth-order valence-corrected chi connectivity index (χ4v) is 4.76. The third-order valence-corrected chi connectivity index (χ3v) is 6.47. The van der Waals surface area contributed by atoms with Crippen molar-refractivity contribution in [3.05, 3.63) is 69.8 Å². The van der Waals surface area contributed by atoms with Gasteiger partial charge in [0.2, 0.25) is 0 Å². The predicted molar refractivity (Wildman–Crippen MR) is 131 cm³/mol. The predicted octanol–water partition coefficient (Wildman–Crippen LogP) is 3.73. The molecule has 1 saturated heterocycles. The van der Waals surface area contributed by atoms with E-state index in [2.05, 4.69) is 5.32 Å². The number of nitrogens with one attached hydrogen (secondary N) is 1. The molecule has 1 fully saturated rings. The summed E-state index contributed by atoms with van der Waals surface area (Å²) < 4.78 is 16.3. The lowest BCUT2D eigenvalue weighted by molar-refractivity contribution is -0.384. The Bertz CT molecular complexity index is 1000. The summed E-state index contributed by atoms with van der Waals surface area (Å²) in [5, 5.41) is 13.9. The molecular formula is C24H29N3O7S. The molecule has 0 aromatic heterocycles. The summed E-state index contributed by atoms with van der Waals surface area (Å²) in [5.74, 6) is 0.727. The SMILES string of the molecule is COc1ccc(COC(=O)N2C[C@@H](SC(C)=O)C[C@H]2CNCOCc2ccc([N+](=O)[O-])cc2)cc1. The number of benzene rings is 2. The molecule has 0 spiro atoms. The van der Waals surface area contributed by atoms with Crippen LogP contribution < -0.4 is 10.1 Å². The molecule has 1 aliphatic heterocycles. The van der Waals surface area contributed by atoms with E-state index < -0.39 is 11.0 Å². The van der Waals surface area contributed by atoms with E-state index in [1.807, 2.05) is 24.3 Å². The molecule has 11 heteroatoms. The first-order valence-corrected chi connectivity index (χ1v) is 12.0. The zero-order valence-electron chi connectivity index (χ0n) is 19.7. The highest BCUT2D eigenvalue weighted by molar-refractivity contribution is 8.14. The minimum atomic E-state index is -0.445. The Morgan fingerprint density at radius 1 is 1.11 bits per heavy atom. The number of rotatable bonds is 11. The van der Waals surface area contributed by atoms with Crippen LogP contribution in [0.5, 0.6) is 5.75 Å². The number of hydrogen-bond acceptors (Lipinski definition) is 9. The maximum atomic E-state index is 12.8. The minimum Gasteiger partial charge on any atom is -0.497 e. The maximum absolute atomic E-state index is 12.8. The highest BCUT2D eigenvalue weighted by Crippen LogP contribution is 2.28. The largest absolute Gasteiger partial charge is 0.497 e. The van der Waals surface area contributed by atoms with Gasteiger partial charge in [0.15, 0.2) is 5.12 Å². The summed E-state index contributed by atoms with van der Waals surface area (Å²) in [7, 11) is 1.59. The third kappa shape index (κ3) is 8.23. The van der Waals surface area contributed by atoms with E-state index in [0.29, 0.717) is 26.1 Å². The smallest absolute Gasteiger partial charge is 0.410 e. The van der Waals surface area contributed by atoms with Gasteiger partial charge in [0.25, 0.3) is 5.69 Å². The number of nitro benzene ring substituents is 1. The number of nitrogens with zero attached hydrogens (tertiary/aromatic N) is 2. The van der Waals surface area contributed by atoms with Crippen molar-refractivity contribution in [2.75, 3.05) is 26.9 Å². The van der Waals surface area contributed by atoms with Crippen molar-refractivity contribution in [3.8, 4) is 5.75 Å². The van der Waals surface area contributed by atoms with Gasteiger partial charge in [-0.25, -0.2) is 4.79 Å². The molecule has 0 unspecified atom stereocenters. The van der Waals surface area contributed by atoms with E-state index >= 15 is 0 Å². The van der Waals surface area contributed by atoms with Crippen molar-refractivity contribution in [2.45, 2.75) is 37.9 Å². The molecule has 3 rings (SSSR count). The molecule has 2 aromatic rings. The molecule has 1 aliphatic rings. The molecule has 10 nitrogen and oxygen atoms in total. The van der Waals surface area contributed by atoms with Gasteiger partial charge in [-0.05, 0) is 41.8 Å². The van der Waals surface area contributed by atoms with Gasteiger partial charge >= 0.3 is 6.09 Å². The number of ether oxygens (including phenoxy) is 3. The van der Waals surface area contributed by atoms with Crippen LogP contribution in [0.15, 0.2) is 48.5 Å². The number of hydrogen-bond donors (Lipinski definition) is 1. The second kappa shape index (κ2) is 13.1. The molecule has 35 heavy (non-hydrogen) atoms. The molecular weight excluding hydrogens is 474 g/mol. The molecule has 0 radical (unpaired) electrons. The van der Waals surface area contributed by atoms with Crippen molar-refractivity contribution < 1.29 is 28.7 Å². The van der Waals surface area contributed by atoms with Gasteiger partial charge in [0, 0.05) is 43.4 Å². The van der Waals surface area contributed by atoms with E-state index in [0.717, 1.165) is 16.9 Å². The van der Waals surface area contributed by atoms with Crippen LogP contribution in [0.25, 0.3) is 0 Å². The standard InChI is InChI=1S/C24H29N3O7S/c1-17(28)35-23-11-21(12-25-16-33-14-18-3-7-20(8-4-18)27(30)31)26(13-23)24(29)34-15-19-5-9-22(32-2)10-6-19/h3-10,21,23,25H,11-16H2,1-2H3/t21-,23-/m0/s1. The summed E-state index contributed by atoms with van der Waals surface area (Å²) in [6.45, 7) is 3.12. The van der Waals surface area contributed by atoms with Crippen LogP contribution >= 0.6 is 11.8 Å². The lowest BCUT2D eigenvalue weighted by atomic mass is 10.2. The molecule has 188 valence electrons. The fourth-order valence-electron chi connectivity index (χ4n) is 3.74. The van der Waals surface area contributed by atoms with Crippen LogP contribution in [-0.2, 0) is 27.5 Å². The highest BCUT2D eigenvalue weighted by Gasteiger charge is 2.36. The summed E-state index contributed by atoms with van der Waals surface area (Å²) >= 11 is 1.24. The number of non-ortho nitro benzene ring substituents is 1. The Kier molecular flexibility index (Phi) is 9.88. The minimum absolute atomic E-state index is 0.00821. The first-order chi connectivity index (χ1) is 16.9. The molecule has 1 N–H and O–H groups in total. The number of carbonyl (C=O) groups excluding carboxylic acids is 2. The number of amides is 1. The summed E-state index contributed by atoms with van der Waals surface area (Å²) in [5.41, 5.74) is 1.70. The number of thioether (sulfide) groups is 1. The fraction of sp³-hybridized carbons (Fsp3) is 0.417. The molecule has 0 saturated carbocycles. The molecule has 1 heterocycles. The van der Waals surface area contributed by atoms with Crippen LogP contribution in [-0.4, -0.2) is 59.3 Å². The zero-order chi connectivity index (χ0) is 25.2. The summed E-state index contributed by atoms with van der Waals surface area (Å²) in [6, 6.07) is 13.3. The van der Waals surface area contributed by atoms with Gasteiger partial charge in [-0.1, -0.05) is 23.9 Å². The lowest BCUT2D eigenvalue weighted by Gasteiger charge is -2.24. The Morgan fingerprint density at radius 2 is 1.77 bits per heavy atom. The van der Waals surface area contributed by atoms with E-state index in [1.54, 1.807) is 24.1 Å². The Hall–Kier alpha value is -3.15. The van der Waals surface area contributed by atoms with Gasteiger partial charge in [-0.2, -0.15) is 0 Å². The van der Waals surface area contributed by atoms with E-state index in [1.165, 1.54) is 30.8 Å².